The van der Waals surface area contributed by atoms with E-state index in [0.29, 0.717) is 0 Å². The molecule has 0 saturated carbocycles. The van der Waals surface area contributed by atoms with E-state index in [9.17, 15) is 0 Å². The maximum absolute atomic E-state index is 4.51. The van der Waals surface area contributed by atoms with Crippen molar-refractivity contribution in [1.82, 2.24) is 9.97 Å². The van der Waals surface area contributed by atoms with E-state index in [0.717, 1.165) is 42.0 Å². The monoisotopic (exact) mass is 266 g/mol. The van der Waals surface area contributed by atoms with Crippen LogP contribution < -0.4 is 10.6 Å². The van der Waals surface area contributed by atoms with Crippen LogP contribution in [0.4, 0.5) is 11.6 Å². The molecule has 1 aliphatic rings. The summed E-state index contributed by atoms with van der Waals surface area (Å²) >= 11 is 2.05. The van der Waals surface area contributed by atoms with Crippen LogP contribution in [0.2, 0.25) is 0 Å². The van der Waals surface area contributed by atoms with Crippen molar-refractivity contribution in [1.29, 1.82) is 0 Å². The fraction of sp³-hybridized carbons (Fsp3) is 0.692. The van der Waals surface area contributed by atoms with Crippen molar-refractivity contribution >= 4 is 23.4 Å². The molecule has 2 N–H and O–H groups in total. The first-order chi connectivity index (χ1) is 8.70. The van der Waals surface area contributed by atoms with Crippen molar-refractivity contribution in [2.45, 2.75) is 27.2 Å². The molecular weight excluding hydrogens is 244 g/mol. The normalized spacial score (nSPS) is 18.9. The fourth-order valence-electron chi connectivity index (χ4n) is 2.13. The number of aryl methyl sites for hydroxylation is 1. The van der Waals surface area contributed by atoms with Gasteiger partial charge in [0.1, 0.15) is 17.5 Å². The van der Waals surface area contributed by atoms with Crippen molar-refractivity contribution in [2.75, 3.05) is 35.2 Å². The van der Waals surface area contributed by atoms with Crippen LogP contribution in [0.25, 0.3) is 0 Å². The quantitative estimate of drug-likeness (QED) is 0.858. The second-order valence-corrected chi connectivity index (χ2v) is 5.88. The zero-order chi connectivity index (χ0) is 13.0. The SMILES string of the molecule is CCNc1nc(C)nc(NCC2CCSC2)c1C. The molecule has 0 aliphatic carbocycles. The van der Waals surface area contributed by atoms with Crippen LogP contribution in [0.15, 0.2) is 0 Å². The molecule has 1 aromatic heterocycles. The van der Waals surface area contributed by atoms with Gasteiger partial charge < -0.3 is 10.6 Å². The Kier molecular flexibility index (Phi) is 4.69. The number of anilines is 2. The van der Waals surface area contributed by atoms with Gasteiger partial charge in [-0.05, 0) is 44.6 Å². The van der Waals surface area contributed by atoms with Gasteiger partial charge in [-0.15, -0.1) is 0 Å². The summed E-state index contributed by atoms with van der Waals surface area (Å²) in [6.45, 7) is 8.01. The molecule has 0 bridgehead atoms. The van der Waals surface area contributed by atoms with Crippen LogP contribution in [0.3, 0.4) is 0 Å². The predicted molar refractivity (Wildman–Crippen MR) is 79.6 cm³/mol. The maximum atomic E-state index is 4.51. The van der Waals surface area contributed by atoms with Gasteiger partial charge in [-0.25, -0.2) is 9.97 Å². The van der Waals surface area contributed by atoms with Crippen molar-refractivity contribution in [3.63, 3.8) is 0 Å². The second-order valence-electron chi connectivity index (χ2n) is 4.73. The number of nitrogens with one attached hydrogen (secondary N) is 2. The highest BCUT2D eigenvalue weighted by molar-refractivity contribution is 7.99. The van der Waals surface area contributed by atoms with E-state index in [-0.39, 0.29) is 0 Å². The van der Waals surface area contributed by atoms with Gasteiger partial charge in [-0.2, -0.15) is 11.8 Å². The van der Waals surface area contributed by atoms with Crippen LogP contribution in [0.5, 0.6) is 0 Å². The van der Waals surface area contributed by atoms with Crippen molar-refractivity contribution in [3.05, 3.63) is 11.4 Å². The summed E-state index contributed by atoms with van der Waals surface area (Å²) in [5, 5.41) is 6.78. The number of thioether (sulfide) groups is 1. The lowest BCUT2D eigenvalue weighted by atomic mass is 10.1. The smallest absolute Gasteiger partial charge is 0.134 e. The number of aromatic nitrogens is 2. The third kappa shape index (κ3) is 3.28. The lowest BCUT2D eigenvalue weighted by Gasteiger charge is -2.15. The molecule has 1 atom stereocenters. The molecule has 18 heavy (non-hydrogen) atoms. The Hall–Kier alpha value is -0.970. The standard InChI is InChI=1S/C13H22N4S/c1-4-14-12-9(2)13(17-10(3)16-12)15-7-11-5-6-18-8-11/h11H,4-8H2,1-3H3,(H2,14,15,16,17). The van der Waals surface area contributed by atoms with Crippen molar-refractivity contribution in [3.8, 4) is 0 Å². The predicted octanol–water partition coefficient (Wildman–Crippen LogP) is 2.69. The molecule has 0 amide bonds. The first-order valence-corrected chi connectivity index (χ1v) is 7.77. The molecule has 5 heteroatoms. The number of nitrogens with zero attached hydrogens (tertiary/aromatic N) is 2. The van der Waals surface area contributed by atoms with Crippen LogP contribution in [0.1, 0.15) is 24.7 Å². The van der Waals surface area contributed by atoms with E-state index >= 15 is 0 Å². The summed E-state index contributed by atoms with van der Waals surface area (Å²) in [5.74, 6) is 6.11. The fourth-order valence-corrected chi connectivity index (χ4v) is 3.41. The molecule has 0 spiro atoms. The zero-order valence-electron chi connectivity index (χ0n) is 11.4. The van der Waals surface area contributed by atoms with E-state index in [2.05, 4.69) is 46.2 Å². The number of hydrogen-bond donors (Lipinski definition) is 2. The van der Waals surface area contributed by atoms with Crippen molar-refractivity contribution in [2.24, 2.45) is 5.92 Å². The van der Waals surface area contributed by atoms with Crippen LogP contribution >= 0.6 is 11.8 Å². The minimum Gasteiger partial charge on any atom is -0.370 e. The molecule has 1 unspecified atom stereocenters. The van der Waals surface area contributed by atoms with Gasteiger partial charge >= 0.3 is 0 Å². The maximum Gasteiger partial charge on any atom is 0.134 e. The van der Waals surface area contributed by atoms with Crippen LogP contribution in [0, 0.1) is 19.8 Å². The summed E-state index contributed by atoms with van der Waals surface area (Å²) in [6.07, 6.45) is 1.32. The minimum absolute atomic E-state index is 0.784. The molecule has 4 nitrogen and oxygen atoms in total. The molecule has 1 aliphatic heterocycles. The summed E-state index contributed by atoms with van der Waals surface area (Å²) in [6, 6.07) is 0. The lowest BCUT2D eigenvalue weighted by molar-refractivity contribution is 0.630. The minimum atomic E-state index is 0.784. The third-order valence-electron chi connectivity index (χ3n) is 3.18. The van der Waals surface area contributed by atoms with Gasteiger partial charge in [-0.3, -0.25) is 0 Å². The summed E-state index contributed by atoms with van der Waals surface area (Å²) < 4.78 is 0. The highest BCUT2D eigenvalue weighted by Crippen LogP contribution is 2.25. The zero-order valence-corrected chi connectivity index (χ0v) is 12.2. The van der Waals surface area contributed by atoms with Gasteiger partial charge in [0.05, 0.1) is 0 Å². The molecule has 1 fully saturated rings. The topological polar surface area (TPSA) is 49.8 Å². The molecule has 1 saturated heterocycles. The van der Waals surface area contributed by atoms with E-state index in [1.165, 1.54) is 17.9 Å². The van der Waals surface area contributed by atoms with Gasteiger partial charge in [0.2, 0.25) is 0 Å². The van der Waals surface area contributed by atoms with Gasteiger partial charge in [-0.1, -0.05) is 0 Å². The molecule has 0 aromatic carbocycles. The summed E-state index contributed by atoms with van der Waals surface area (Å²) in [5.41, 5.74) is 1.12. The van der Waals surface area contributed by atoms with Crippen LogP contribution in [-0.4, -0.2) is 34.6 Å². The molecule has 2 heterocycles. The van der Waals surface area contributed by atoms with E-state index < -0.39 is 0 Å². The van der Waals surface area contributed by atoms with Gasteiger partial charge in [0, 0.05) is 18.7 Å². The highest BCUT2D eigenvalue weighted by Gasteiger charge is 2.16. The number of rotatable bonds is 5. The Morgan fingerprint density at radius 1 is 1.22 bits per heavy atom. The molecule has 1 aromatic rings. The van der Waals surface area contributed by atoms with E-state index in [1.807, 2.05) is 6.92 Å². The largest absolute Gasteiger partial charge is 0.370 e. The molecule has 2 rings (SSSR count). The Balaban J connectivity index is 2.06. The third-order valence-corrected chi connectivity index (χ3v) is 4.42. The molecular formula is C13H22N4S. The van der Waals surface area contributed by atoms with Crippen LogP contribution in [-0.2, 0) is 0 Å². The average molecular weight is 266 g/mol. The van der Waals surface area contributed by atoms with Gasteiger partial charge in [0.15, 0.2) is 0 Å². The first-order valence-electron chi connectivity index (χ1n) is 6.61. The Labute approximate surface area is 113 Å². The van der Waals surface area contributed by atoms with Gasteiger partial charge in [0.25, 0.3) is 0 Å². The highest BCUT2D eigenvalue weighted by atomic mass is 32.2. The summed E-state index contributed by atoms with van der Waals surface area (Å²) in [7, 11) is 0. The Morgan fingerprint density at radius 3 is 2.56 bits per heavy atom. The van der Waals surface area contributed by atoms with Crippen molar-refractivity contribution < 1.29 is 0 Å². The van der Waals surface area contributed by atoms with E-state index in [4.69, 9.17) is 0 Å². The second kappa shape index (κ2) is 6.27. The first kappa shape index (κ1) is 13.5. The Morgan fingerprint density at radius 2 is 1.94 bits per heavy atom. The lowest BCUT2D eigenvalue weighted by Crippen LogP contribution is -2.16. The average Bonchev–Trinajstić information content (AvgIpc) is 2.85. The number of hydrogen-bond acceptors (Lipinski definition) is 5. The summed E-state index contributed by atoms with van der Waals surface area (Å²) in [4.78, 5) is 8.94. The molecule has 100 valence electrons. The van der Waals surface area contributed by atoms with E-state index in [1.54, 1.807) is 0 Å². The Bertz CT molecular complexity index is 402. The molecule has 0 radical (unpaired) electrons.